The number of aromatic nitrogens is 3. The number of carbonyl (C=O) groups is 2. The first kappa shape index (κ1) is 23.7. The number of rotatable bonds is 9. The molecule has 10 heteroatoms. The average molecular weight is 476 g/mol. The molecule has 3 rings (SSSR count). The molecule has 168 valence electrons. The predicted molar refractivity (Wildman–Crippen MR) is 123 cm³/mol. The van der Waals surface area contributed by atoms with Gasteiger partial charge in [-0.15, -0.1) is 10.2 Å². The molecule has 2 N–H and O–H groups in total. The molecule has 0 aliphatic carbocycles. The van der Waals surface area contributed by atoms with E-state index in [0.29, 0.717) is 41.0 Å². The first-order chi connectivity index (χ1) is 15.4. The molecule has 0 fully saturated rings. The summed E-state index contributed by atoms with van der Waals surface area (Å²) in [5.41, 5.74) is 0.668. The van der Waals surface area contributed by atoms with E-state index in [2.05, 4.69) is 20.8 Å². The van der Waals surface area contributed by atoms with Crippen LogP contribution in [0.5, 0.6) is 0 Å². The fraction of sp³-hybridized carbons (Fsp3) is 0.273. The number of para-hydroxylation sites is 1. The quantitative estimate of drug-likeness (QED) is 0.455. The minimum absolute atomic E-state index is 0.145. The number of nitrogens with zero attached hydrogens (tertiary/aromatic N) is 3. The van der Waals surface area contributed by atoms with Crippen LogP contribution in [-0.4, -0.2) is 38.4 Å². The van der Waals surface area contributed by atoms with Gasteiger partial charge in [-0.2, -0.15) is 0 Å². The van der Waals surface area contributed by atoms with E-state index in [-0.39, 0.29) is 17.5 Å². The van der Waals surface area contributed by atoms with Gasteiger partial charge in [0.15, 0.2) is 5.16 Å². The van der Waals surface area contributed by atoms with Gasteiger partial charge in [0, 0.05) is 30.6 Å². The molecule has 1 heterocycles. The highest BCUT2D eigenvalue weighted by Gasteiger charge is 2.22. The molecule has 0 saturated heterocycles. The summed E-state index contributed by atoms with van der Waals surface area (Å²) in [6.45, 7) is 2.26. The van der Waals surface area contributed by atoms with Gasteiger partial charge in [0.25, 0.3) is 5.91 Å². The van der Waals surface area contributed by atoms with E-state index in [0.717, 1.165) is 0 Å². The van der Waals surface area contributed by atoms with E-state index < -0.39 is 11.1 Å². The van der Waals surface area contributed by atoms with E-state index >= 15 is 0 Å². The maximum absolute atomic E-state index is 13.8. The molecule has 32 heavy (non-hydrogen) atoms. The summed E-state index contributed by atoms with van der Waals surface area (Å²) in [6, 6.07) is 12.7. The number of anilines is 1. The lowest BCUT2D eigenvalue weighted by Crippen LogP contribution is -2.26. The Bertz CT molecular complexity index is 1090. The van der Waals surface area contributed by atoms with Crippen molar-refractivity contribution in [3.63, 3.8) is 0 Å². The number of benzene rings is 2. The highest BCUT2D eigenvalue weighted by atomic mass is 35.5. The number of halogens is 2. The van der Waals surface area contributed by atoms with Crippen LogP contribution >= 0.6 is 23.4 Å². The molecule has 1 atom stereocenters. The van der Waals surface area contributed by atoms with Gasteiger partial charge < -0.3 is 15.2 Å². The van der Waals surface area contributed by atoms with E-state index in [1.165, 1.54) is 23.9 Å². The second-order valence-corrected chi connectivity index (χ2v) is 8.56. The summed E-state index contributed by atoms with van der Waals surface area (Å²) in [7, 11) is 1.81. The van der Waals surface area contributed by atoms with Crippen molar-refractivity contribution in [3.8, 4) is 0 Å². The SMILES string of the molecule is CCC(Sc1nnc(CCNC(=O)c2ccc(Cl)cc2)n1C)C(=O)Nc1ccccc1F. The monoisotopic (exact) mass is 475 g/mol. The van der Waals surface area contributed by atoms with E-state index in [4.69, 9.17) is 11.6 Å². The third-order valence-corrected chi connectivity index (χ3v) is 6.36. The first-order valence-corrected chi connectivity index (χ1v) is 11.3. The molecule has 2 aromatic carbocycles. The Labute approximate surface area is 194 Å². The highest BCUT2D eigenvalue weighted by molar-refractivity contribution is 8.00. The van der Waals surface area contributed by atoms with Crippen LogP contribution in [0.4, 0.5) is 10.1 Å². The normalized spacial score (nSPS) is 11.8. The number of nitrogens with one attached hydrogen (secondary N) is 2. The van der Waals surface area contributed by atoms with Crippen molar-refractivity contribution in [1.82, 2.24) is 20.1 Å². The number of carbonyl (C=O) groups excluding carboxylic acids is 2. The van der Waals surface area contributed by atoms with Crippen molar-refractivity contribution in [2.45, 2.75) is 30.2 Å². The van der Waals surface area contributed by atoms with E-state index in [1.807, 2.05) is 6.92 Å². The van der Waals surface area contributed by atoms with Crippen LogP contribution in [0.2, 0.25) is 5.02 Å². The Kier molecular flexibility index (Phi) is 8.24. The summed E-state index contributed by atoms with van der Waals surface area (Å²) in [4.78, 5) is 24.8. The van der Waals surface area contributed by atoms with E-state index in [1.54, 1.807) is 48.0 Å². The van der Waals surface area contributed by atoms with Crippen LogP contribution in [0, 0.1) is 5.82 Å². The van der Waals surface area contributed by atoms with Crippen LogP contribution in [-0.2, 0) is 18.3 Å². The fourth-order valence-electron chi connectivity index (χ4n) is 2.88. The summed E-state index contributed by atoms with van der Waals surface area (Å²) in [6.07, 6.45) is 1.01. The molecule has 3 aromatic rings. The van der Waals surface area contributed by atoms with Gasteiger partial charge in [-0.1, -0.05) is 42.4 Å². The molecule has 0 aliphatic rings. The lowest BCUT2D eigenvalue weighted by Gasteiger charge is -2.14. The van der Waals surface area contributed by atoms with Crippen molar-refractivity contribution in [2.24, 2.45) is 7.05 Å². The molecular weight excluding hydrogens is 453 g/mol. The van der Waals surface area contributed by atoms with Gasteiger partial charge in [0.05, 0.1) is 10.9 Å². The van der Waals surface area contributed by atoms with Gasteiger partial charge in [0.1, 0.15) is 11.6 Å². The second-order valence-electron chi connectivity index (χ2n) is 6.95. The Hall–Kier alpha value is -2.91. The number of amides is 2. The zero-order chi connectivity index (χ0) is 23.1. The van der Waals surface area contributed by atoms with Crippen molar-refractivity contribution in [3.05, 3.63) is 70.8 Å². The Morgan fingerprint density at radius 2 is 1.88 bits per heavy atom. The number of hydrogen-bond acceptors (Lipinski definition) is 5. The highest BCUT2D eigenvalue weighted by Crippen LogP contribution is 2.25. The molecule has 0 saturated carbocycles. The largest absolute Gasteiger partial charge is 0.352 e. The van der Waals surface area contributed by atoms with E-state index in [9.17, 15) is 14.0 Å². The summed E-state index contributed by atoms with van der Waals surface area (Å²) >= 11 is 7.10. The Morgan fingerprint density at radius 3 is 2.56 bits per heavy atom. The average Bonchev–Trinajstić information content (AvgIpc) is 3.13. The smallest absolute Gasteiger partial charge is 0.251 e. The van der Waals surface area contributed by atoms with Gasteiger partial charge in [-0.05, 0) is 42.8 Å². The molecule has 0 aliphatic heterocycles. The second kappa shape index (κ2) is 11.1. The van der Waals surface area contributed by atoms with Crippen molar-refractivity contribution >= 4 is 40.9 Å². The minimum atomic E-state index is -0.484. The molecule has 2 amide bonds. The molecule has 1 unspecified atom stereocenters. The molecule has 0 bridgehead atoms. The predicted octanol–water partition coefficient (Wildman–Crippen LogP) is 4.09. The van der Waals surface area contributed by atoms with Gasteiger partial charge in [-0.3, -0.25) is 9.59 Å². The van der Waals surface area contributed by atoms with Crippen LogP contribution in [0.25, 0.3) is 0 Å². The number of hydrogen-bond donors (Lipinski definition) is 2. The maximum Gasteiger partial charge on any atom is 0.251 e. The van der Waals surface area contributed by atoms with Crippen LogP contribution in [0.1, 0.15) is 29.5 Å². The Morgan fingerprint density at radius 1 is 1.16 bits per heavy atom. The van der Waals surface area contributed by atoms with Crippen molar-refractivity contribution in [2.75, 3.05) is 11.9 Å². The molecule has 7 nitrogen and oxygen atoms in total. The first-order valence-electron chi connectivity index (χ1n) is 10.0. The summed E-state index contributed by atoms with van der Waals surface area (Å²) in [5, 5.41) is 14.5. The summed E-state index contributed by atoms with van der Waals surface area (Å²) < 4.78 is 15.6. The standard InChI is InChI=1S/C22H23ClFN5O2S/c1-3-18(21(31)26-17-7-5-4-6-16(17)24)32-22-28-27-19(29(22)2)12-13-25-20(30)14-8-10-15(23)11-9-14/h4-11,18H,3,12-13H2,1-2H3,(H,25,30)(H,26,31). The third kappa shape index (κ3) is 6.08. The molecule has 0 spiro atoms. The maximum atomic E-state index is 13.8. The zero-order valence-corrected chi connectivity index (χ0v) is 19.2. The van der Waals surface area contributed by atoms with Crippen LogP contribution < -0.4 is 10.6 Å². The lowest BCUT2D eigenvalue weighted by atomic mass is 10.2. The molecule has 1 aromatic heterocycles. The van der Waals surface area contributed by atoms with Gasteiger partial charge >= 0.3 is 0 Å². The Balaban J connectivity index is 1.56. The van der Waals surface area contributed by atoms with Crippen LogP contribution in [0.15, 0.2) is 53.7 Å². The lowest BCUT2D eigenvalue weighted by molar-refractivity contribution is -0.115. The minimum Gasteiger partial charge on any atom is -0.352 e. The molecule has 0 radical (unpaired) electrons. The van der Waals surface area contributed by atoms with Crippen LogP contribution in [0.3, 0.4) is 0 Å². The third-order valence-electron chi connectivity index (χ3n) is 4.71. The molecular formula is C22H23ClFN5O2S. The fourth-order valence-corrected chi connectivity index (χ4v) is 3.95. The number of thioether (sulfide) groups is 1. The summed E-state index contributed by atoms with van der Waals surface area (Å²) in [5.74, 6) is -0.313. The topological polar surface area (TPSA) is 88.9 Å². The zero-order valence-electron chi connectivity index (χ0n) is 17.6. The van der Waals surface area contributed by atoms with Crippen molar-refractivity contribution in [1.29, 1.82) is 0 Å². The van der Waals surface area contributed by atoms with Gasteiger partial charge in [-0.25, -0.2) is 4.39 Å². The van der Waals surface area contributed by atoms with Crippen molar-refractivity contribution < 1.29 is 14.0 Å². The van der Waals surface area contributed by atoms with Gasteiger partial charge in [0.2, 0.25) is 5.91 Å².